The van der Waals surface area contributed by atoms with Crippen molar-refractivity contribution in [2.45, 2.75) is 71.2 Å². The largest absolute Gasteiger partial charge is 0.547 e. The van der Waals surface area contributed by atoms with Gasteiger partial charge in [-0.3, -0.25) is 0 Å². The summed E-state index contributed by atoms with van der Waals surface area (Å²) in [6.45, 7) is 8.27. The molecule has 172 valence electrons. The second-order valence-electron chi connectivity index (χ2n) is 8.88. The van der Waals surface area contributed by atoms with Crippen molar-refractivity contribution in [2.75, 3.05) is 6.61 Å². The normalized spacial score (nSPS) is 17.2. The van der Waals surface area contributed by atoms with Crippen LogP contribution in [0.1, 0.15) is 51.2 Å². The van der Waals surface area contributed by atoms with Crippen LogP contribution in [0, 0.1) is 5.92 Å². The number of benzene rings is 2. The molecule has 0 heterocycles. The average Bonchev–Trinajstić information content (AvgIpc) is 2.85. The van der Waals surface area contributed by atoms with Crippen LogP contribution in [0.3, 0.4) is 0 Å². The molecule has 1 atom stereocenters. The van der Waals surface area contributed by atoms with Gasteiger partial charge < -0.3 is 9.16 Å². The van der Waals surface area contributed by atoms with E-state index in [4.69, 9.17) is 9.16 Å². The van der Waals surface area contributed by atoms with E-state index in [0.29, 0.717) is 19.1 Å². The first kappa shape index (κ1) is 24.5. The summed E-state index contributed by atoms with van der Waals surface area (Å²) < 4.78 is 12.9. The highest BCUT2D eigenvalue weighted by Gasteiger charge is 2.34. The van der Waals surface area contributed by atoms with Gasteiger partial charge in [0.2, 0.25) is 8.32 Å². The molecule has 2 aromatic carbocycles. The highest BCUT2D eigenvalue weighted by Crippen LogP contribution is 2.37. The van der Waals surface area contributed by atoms with Crippen molar-refractivity contribution in [1.29, 1.82) is 0 Å². The lowest BCUT2D eigenvalue weighted by molar-refractivity contribution is 0.148. The molecule has 1 aliphatic rings. The summed E-state index contributed by atoms with van der Waals surface area (Å²) in [5, 5.41) is 0. The van der Waals surface area contributed by atoms with E-state index < -0.39 is 8.32 Å². The molecule has 0 radical (unpaired) electrons. The summed E-state index contributed by atoms with van der Waals surface area (Å²) in [5.74, 6) is 1.74. The molecule has 0 saturated heterocycles. The van der Waals surface area contributed by atoms with E-state index in [2.05, 4.69) is 87.5 Å². The Balaban J connectivity index is 1.74. The molecule has 32 heavy (non-hydrogen) atoms. The molecule has 0 saturated carbocycles. The molecule has 2 aromatic rings. The van der Waals surface area contributed by atoms with Gasteiger partial charge in [0.15, 0.2) is 0 Å². The van der Waals surface area contributed by atoms with Crippen LogP contribution >= 0.6 is 0 Å². The van der Waals surface area contributed by atoms with Crippen LogP contribution in [0.25, 0.3) is 0 Å². The zero-order valence-corrected chi connectivity index (χ0v) is 21.2. The molecule has 0 spiro atoms. The SMILES string of the molecule is CC[Si](CC)(CC)OC1=C(Cc2ccccc2)[C@@H](/C=C/COCc2ccccc2)CCC1. The molecular weight excluding hydrogens is 408 g/mol. The summed E-state index contributed by atoms with van der Waals surface area (Å²) >= 11 is 0. The van der Waals surface area contributed by atoms with Crippen LogP contribution in [0.5, 0.6) is 0 Å². The zero-order valence-electron chi connectivity index (χ0n) is 20.2. The summed E-state index contributed by atoms with van der Waals surface area (Å²) in [5.41, 5.74) is 4.09. The second kappa shape index (κ2) is 12.8. The van der Waals surface area contributed by atoms with Crippen LogP contribution in [0.2, 0.25) is 18.1 Å². The number of ether oxygens (including phenoxy) is 1. The van der Waals surface area contributed by atoms with E-state index >= 15 is 0 Å². The summed E-state index contributed by atoms with van der Waals surface area (Å²) in [7, 11) is -1.68. The van der Waals surface area contributed by atoms with Crippen LogP contribution in [0.4, 0.5) is 0 Å². The lowest BCUT2D eigenvalue weighted by Crippen LogP contribution is -2.36. The molecule has 0 bridgehead atoms. The smallest absolute Gasteiger partial charge is 0.250 e. The van der Waals surface area contributed by atoms with Crippen LogP contribution < -0.4 is 0 Å². The predicted molar refractivity (Wildman–Crippen MR) is 138 cm³/mol. The van der Waals surface area contributed by atoms with Crippen molar-refractivity contribution in [1.82, 2.24) is 0 Å². The van der Waals surface area contributed by atoms with Crippen molar-refractivity contribution in [2.24, 2.45) is 5.92 Å². The quantitative estimate of drug-likeness (QED) is 0.186. The van der Waals surface area contributed by atoms with Crippen LogP contribution in [0.15, 0.2) is 84.1 Å². The van der Waals surface area contributed by atoms with Gasteiger partial charge in [0.1, 0.15) is 0 Å². The topological polar surface area (TPSA) is 18.5 Å². The molecule has 2 nitrogen and oxygen atoms in total. The summed E-state index contributed by atoms with van der Waals surface area (Å²) in [6, 6.07) is 24.8. The van der Waals surface area contributed by atoms with Crippen molar-refractivity contribution < 1.29 is 9.16 Å². The highest BCUT2D eigenvalue weighted by atomic mass is 28.4. The second-order valence-corrected chi connectivity index (χ2v) is 13.6. The molecular formula is C29H40O2Si. The molecule has 3 heteroatoms. The van der Waals surface area contributed by atoms with Gasteiger partial charge in [0, 0.05) is 12.3 Å². The maximum Gasteiger partial charge on any atom is 0.250 e. The Bertz CT molecular complexity index is 845. The van der Waals surface area contributed by atoms with Crippen molar-refractivity contribution in [3.05, 3.63) is 95.3 Å². The zero-order chi connectivity index (χ0) is 22.7. The maximum absolute atomic E-state index is 6.98. The van der Waals surface area contributed by atoms with E-state index in [1.165, 1.54) is 53.4 Å². The first-order valence-electron chi connectivity index (χ1n) is 12.4. The van der Waals surface area contributed by atoms with Crippen LogP contribution in [-0.2, 0) is 22.2 Å². The minimum atomic E-state index is -1.68. The number of rotatable bonds is 12. The summed E-state index contributed by atoms with van der Waals surface area (Å²) in [4.78, 5) is 0. The Morgan fingerprint density at radius 1 is 0.875 bits per heavy atom. The van der Waals surface area contributed by atoms with Gasteiger partial charge in [-0.2, -0.15) is 0 Å². The van der Waals surface area contributed by atoms with Gasteiger partial charge in [0.05, 0.1) is 19.0 Å². The van der Waals surface area contributed by atoms with Gasteiger partial charge in [0.25, 0.3) is 0 Å². The number of hydrogen-bond donors (Lipinski definition) is 0. The van der Waals surface area contributed by atoms with Crippen LogP contribution in [-0.4, -0.2) is 14.9 Å². The first-order chi connectivity index (χ1) is 15.7. The molecule has 0 N–H and O–H groups in total. The minimum Gasteiger partial charge on any atom is -0.547 e. The number of hydrogen-bond acceptors (Lipinski definition) is 2. The molecule has 0 aliphatic heterocycles. The van der Waals surface area contributed by atoms with Gasteiger partial charge in [-0.05, 0) is 54.1 Å². The molecule has 0 amide bonds. The molecule has 0 fully saturated rings. The van der Waals surface area contributed by atoms with Gasteiger partial charge in [-0.25, -0.2) is 0 Å². The van der Waals surface area contributed by atoms with E-state index in [9.17, 15) is 0 Å². The Morgan fingerprint density at radius 3 is 2.12 bits per heavy atom. The predicted octanol–water partition coefficient (Wildman–Crippen LogP) is 8.08. The fourth-order valence-corrected chi connectivity index (χ4v) is 7.35. The van der Waals surface area contributed by atoms with Crippen molar-refractivity contribution in [3.8, 4) is 0 Å². The molecule has 3 rings (SSSR count). The molecule has 0 unspecified atom stereocenters. The van der Waals surface area contributed by atoms with E-state index in [1.807, 2.05) is 6.07 Å². The Morgan fingerprint density at radius 2 is 1.50 bits per heavy atom. The van der Waals surface area contributed by atoms with E-state index in [-0.39, 0.29) is 0 Å². The minimum absolute atomic E-state index is 0.441. The lowest BCUT2D eigenvalue weighted by atomic mass is 9.83. The Hall–Kier alpha value is -2.10. The maximum atomic E-state index is 6.98. The lowest BCUT2D eigenvalue weighted by Gasteiger charge is -2.35. The molecule has 0 aromatic heterocycles. The first-order valence-corrected chi connectivity index (χ1v) is 15.0. The molecule has 1 aliphatic carbocycles. The third-order valence-corrected chi connectivity index (χ3v) is 11.5. The fourth-order valence-electron chi connectivity index (χ4n) is 4.67. The highest BCUT2D eigenvalue weighted by molar-refractivity contribution is 6.73. The van der Waals surface area contributed by atoms with Gasteiger partial charge in [-0.1, -0.05) is 93.6 Å². The van der Waals surface area contributed by atoms with Gasteiger partial charge >= 0.3 is 0 Å². The Labute approximate surface area is 196 Å². The third kappa shape index (κ3) is 6.95. The number of allylic oxidation sites excluding steroid dienone is 3. The standard InChI is InChI=1S/C29H40O2Si/c1-4-32(5-2,6-3)31-29-21-13-19-27(28(29)23-25-15-9-7-10-16-25)20-14-22-30-24-26-17-11-8-12-18-26/h7-12,14-18,20,27H,4-6,13,19,21-24H2,1-3H3/b20-14+/t27-/m1/s1. The van der Waals surface area contributed by atoms with E-state index in [0.717, 1.165) is 12.8 Å². The van der Waals surface area contributed by atoms with E-state index in [1.54, 1.807) is 0 Å². The summed E-state index contributed by atoms with van der Waals surface area (Å²) in [6.07, 6.45) is 9.06. The fraction of sp³-hybridized carbons (Fsp3) is 0.448. The van der Waals surface area contributed by atoms with Crippen molar-refractivity contribution >= 4 is 8.32 Å². The monoisotopic (exact) mass is 448 g/mol. The van der Waals surface area contributed by atoms with Gasteiger partial charge in [-0.15, -0.1) is 0 Å². The average molecular weight is 449 g/mol. The third-order valence-electron chi connectivity index (χ3n) is 6.93. The Kier molecular flexibility index (Phi) is 9.82. The van der Waals surface area contributed by atoms with Crippen molar-refractivity contribution in [3.63, 3.8) is 0 Å².